The molecule has 4 rings (SSSR count). The summed E-state index contributed by atoms with van der Waals surface area (Å²) in [6.07, 6.45) is 3.48. The van der Waals surface area contributed by atoms with Crippen molar-refractivity contribution in [2.45, 2.75) is 20.5 Å². The number of primary amides is 1. The Balaban J connectivity index is 1.49. The van der Waals surface area contributed by atoms with Gasteiger partial charge in [-0.3, -0.25) is 9.78 Å². The molecule has 0 saturated carbocycles. The molecule has 2 aromatic carbocycles. The normalized spacial score (nSPS) is 11.5. The second-order valence-corrected chi connectivity index (χ2v) is 8.01. The second-order valence-electron chi connectivity index (χ2n) is 6.98. The number of aryl methyl sites for hydroxylation is 1. The molecule has 0 saturated heterocycles. The number of aromatic nitrogens is 2. The van der Waals surface area contributed by atoms with Gasteiger partial charge in [0.2, 0.25) is 5.91 Å². The lowest BCUT2D eigenvalue weighted by Crippen LogP contribution is -2.12. The van der Waals surface area contributed by atoms with Crippen LogP contribution in [0, 0.1) is 6.92 Å². The molecule has 0 aliphatic carbocycles. The lowest BCUT2D eigenvalue weighted by atomic mass is 10.1. The van der Waals surface area contributed by atoms with Gasteiger partial charge in [-0.2, -0.15) is 0 Å². The minimum atomic E-state index is -0.439. The number of carbonyl (C=O) groups excluding carboxylic acids is 1. The molecular weight excluding hydrogens is 408 g/mol. The van der Waals surface area contributed by atoms with Crippen LogP contribution in [0.4, 0.5) is 10.8 Å². The molecule has 0 spiro atoms. The van der Waals surface area contributed by atoms with E-state index in [1.807, 2.05) is 61.5 Å². The Kier molecular flexibility index (Phi) is 5.95. The topological polar surface area (TPSA) is 90.1 Å². The Labute approximate surface area is 184 Å². The van der Waals surface area contributed by atoms with Crippen LogP contribution in [0.2, 0.25) is 0 Å². The van der Waals surface area contributed by atoms with Crippen LogP contribution < -0.4 is 15.8 Å². The number of nitrogens with two attached hydrogens (primary N) is 1. The number of fused-ring (bicyclic) bond motifs is 1. The Morgan fingerprint density at radius 1 is 1.19 bits per heavy atom. The molecule has 4 aromatic rings. The number of ether oxygens (including phenoxy) is 1. The van der Waals surface area contributed by atoms with Gasteiger partial charge in [-0.1, -0.05) is 29.5 Å². The van der Waals surface area contributed by atoms with Crippen LogP contribution in [0.1, 0.15) is 23.7 Å². The number of allylic oxidation sites excluding steroid dienone is 1. The van der Waals surface area contributed by atoms with E-state index < -0.39 is 5.91 Å². The highest BCUT2D eigenvalue weighted by molar-refractivity contribution is 7.22. The van der Waals surface area contributed by atoms with Crippen molar-refractivity contribution in [3.05, 3.63) is 83.7 Å². The Morgan fingerprint density at radius 3 is 2.77 bits per heavy atom. The van der Waals surface area contributed by atoms with Crippen molar-refractivity contribution in [2.24, 2.45) is 5.73 Å². The van der Waals surface area contributed by atoms with Crippen LogP contribution in [0.25, 0.3) is 15.8 Å². The summed E-state index contributed by atoms with van der Waals surface area (Å²) >= 11 is 1.52. The zero-order valence-corrected chi connectivity index (χ0v) is 18.1. The van der Waals surface area contributed by atoms with Crippen molar-refractivity contribution >= 4 is 43.9 Å². The average molecular weight is 431 g/mol. The molecule has 7 heteroatoms. The van der Waals surface area contributed by atoms with Crippen LogP contribution in [-0.2, 0) is 11.4 Å². The fraction of sp³-hybridized carbons (Fsp3) is 0.125. The van der Waals surface area contributed by atoms with Crippen molar-refractivity contribution in [2.75, 3.05) is 5.32 Å². The summed E-state index contributed by atoms with van der Waals surface area (Å²) in [4.78, 5) is 20.5. The highest BCUT2D eigenvalue weighted by Gasteiger charge is 2.11. The highest BCUT2D eigenvalue weighted by atomic mass is 32.1. The van der Waals surface area contributed by atoms with Gasteiger partial charge in [0.05, 0.1) is 15.9 Å². The van der Waals surface area contributed by atoms with Crippen LogP contribution in [0.15, 0.2) is 66.9 Å². The fourth-order valence-electron chi connectivity index (χ4n) is 3.24. The average Bonchev–Trinajstić information content (AvgIpc) is 3.16. The van der Waals surface area contributed by atoms with Gasteiger partial charge in [0.1, 0.15) is 12.4 Å². The zero-order chi connectivity index (χ0) is 21.8. The predicted molar refractivity (Wildman–Crippen MR) is 125 cm³/mol. The summed E-state index contributed by atoms with van der Waals surface area (Å²) in [5, 5.41) is 4.13. The second kappa shape index (κ2) is 8.97. The summed E-state index contributed by atoms with van der Waals surface area (Å²) in [7, 11) is 0. The Bertz CT molecular complexity index is 1270. The monoisotopic (exact) mass is 430 g/mol. The molecule has 2 aromatic heterocycles. The summed E-state index contributed by atoms with van der Waals surface area (Å²) in [6.45, 7) is 4.23. The summed E-state index contributed by atoms with van der Waals surface area (Å²) in [5.74, 6) is 0.376. The maximum atomic E-state index is 11.6. The highest BCUT2D eigenvalue weighted by Crippen LogP contribution is 2.32. The third-order valence-electron chi connectivity index (χ3n) is 4.78. The van der Waals surface area contributed by atoms with Gasteiger partial charge in [-0.15, -0.1) is 0 Å². The maximum absolute atomic E-state index is 11.6. The molecule has 1 amide bonds. The third kappa shape index (κ3) is 4.73. The van der Waals surface area contributed by atoms with Gasteiger partial charge >= 0.3 is 0 Å². The Morgan fingerprint density at radius 2 is 2.06 bits per heavy atom. The minimum absolute atomic E-state index is 0.425. The van der Waals surface area contributed by atoms with Crippen molar-refractivity contribution < 1.29 is 9.53 Å². The van der Waals surface area contributed by atoms with Crippen LogP contribution >= 0.6 is 11.3 Å². The largest absolute Gasteiger partial charge is 0.487 e. The fourth-order valence-corrected chi connectivity index (χ4v) is 4.17. The van der Waals surface area contributed by atoms with E-state index in [1.165, 1.54) is 11.3 Å². The number of thiazole rings is 1. The Hall–Kier alpha value is -3.71. The van der Waals surface area contributed by atoms with Crippen LogP contribution in [0.5, 0.6) is 5.75 Å². The van der Waals surface area contributed by atoms with Crippen molar-refractivity contribution in [1.82, 2.24) is 9.97 Å². The van der Waals surface area contributed by atoms with E-state index in [2.05, 4.69) is 15.3 Å². The third-order valence-corrected chi connectivity index (χ3v) is 5.72. The number of nitrogens with zero attached hydrogens (tertiary/aromatic N) is 2. The lowest BCUT2D eigenvalue weighted by molar-refractivity contribution is -0.112. The first-order valence-electron chi connectivity index (χ1n) is 9.81. The number of anilines is 2. The number of pyridine rings is 1. The molecular formula is C24H22N4O2S. The molecule has 31 heavy (non-hydrogen) atoms. The molecule has 0 fully saturated rings. The quantitative estimate of drug-likeness (QED) is 0.393. The van der Waals surface area contributed by atoms with Gasteiger partial charge in [-0.25, -0.2) is 4.98 Å². The van der Waals surface area contributed by atoms with E-state index in [4.69, 9.17) is 10.5 Å². The lowest BCUT2D eigenvalue weighted by Gasteiger charge is -2.10. The van der Waals surface area contributed by atoms with Gasteiger partial charge in [0, 0.05) is 17.5 Å². The first-order chi connectivity index (χ1) is 15.0. The van der Waals surface area contributed by atoms with E-state index in [9.17, 15) is 4.79 Å². The molecule has 0 aliphatic rings. The summed E-state index contributed by atoms with van der Waals surface area (Å²) in [5.41, 5.74) is 10.5. The number of rotatable bonds is 7. The van der Waals surface area contributed by atoms with E-state index in [1.54, 1.807) is 19.2 Å². The maximum Gasteiger partial charge on any atom is 0.248 e. The molecule has 0 atom stereocenters. The van der Waals surface area contributed by atoms with Gasteiger partial charge < -0.3 is 15.8 Å². The number of hydrogen-bond donors (Lipinski definition) is 2. The van der Waals surface area contributed by atoms with Gasteiger partial charge in [-0.05, 0) is 67.4 Å². The summed E-state index contributed by atoms with van der Waals surface area (Å²) < 4.78 is 6.87. The number of nitrogens with one attached hydrogen (secondary N) is 1. The predicted octanol–water partition coefficient (Wildman–Crippen LogP) is 5.21. The molecule has 3 N–H and O–H groups in total. The van der Waals surface area contributed by atoms with E-state index in [0.717, 1.165) is 43.6 Å². The van der Waals surface area contributed by atoms with Crippen molar-refractivity contribution in [1.29, 1.82) is 0 Å². The van der Waals surface area contributed by atoms with Crippen LogP contribution in [-0.4, -0.2) is 15.9 Å². The van der Waals surface area contributed by atoms with Gasteiger partial charge in [0.25, 0.3) is 0 Å². The molecule has 6 nitrogen and oxygen atoms in total. The standard InChI is InChI=1S/C24H22N4O2S/c1-3-19(23(25)29)16-7-9-20-22(13-16)31-24(28-20)27-17-8-10-21(15(2)12-17)30-14-18-6-4-5-11-26-18/h3-13H,14H2,1-2H3,(H2,25,29)(H,27,28). The van der Waals surface area contributed by atoms with E-state index in [0.29, 0.717) is 12.2 Å². The number of hydrogen-bond acceptors (Lipinski definition) is 6. The zero-order valence-electron chi connectivity index (χ0n) is 17.3. The molecule has 156 valence electrons. The number of amides is 1. The van der Waals surface area contributed by atoms with Crippen LogP contribution in [0.3, 0.4) is 0 Å². The number of carbonyl (C=O) groups is 1. The summed E-state index contributed by atoms with van der Waals surface area (Å²) in [6, 6.07) is 17.4. The molecule has 0 bridgehead atoms. The van der Waals surface area contributed by atoms with E-state index in [-0.39, 0.29) is 0 Å². The van der Waals surface area contributed by atoms with Crippen molar-refractivity contribution in [3.8, 4) is 5.75 Å². The van der Waals surface area contributed by atoms with Gasteiger partial charge in [0.15, 0.2) is 5.13 Å². The SMILES string of the molecule is CC=C(C(N)=O)c1ccc2nc(Nc3ccc(OCc4ccccn4)c(C)c3)sc2c1. The first-order valence-corrected chi connectivity index (χ1v) is 10.6. The first kappa shape index (κ1) is 20.6. The molecule has 0 aliphatic heterocycles. The smallest absolute Gasteiger partial charge is 0.248 e. The number of benzene rings is 2. The van der Waals surface area contributed by atoms with Crippen molar-refractivity contribution in [3.63, 3.8) is 0 Å². The molecule has 0 radical (unpaired) electrons. The minimum Gasteiger partial charge on any atom is -0.487 e. The van der Waals surface area contributed by atoms with E-state index >= 15 is 0 Å². The molecule has 0 unspecified atom stereocenters. The molecule has 2 heterocycles.